The number of carbonyl (C=O) groups excluding carboxylic acids is 6. The fourth-order valence-electron chi connectivity index (χ4n) is 11.1. The van der Waals surface area contributed by atoms with Crippen molar-refractivity contribution >= 4 is 47.4 Å². The van der Waals surface area contributed by atoms with E-state index in [4.69, 9.17) is 18.9 Å². The van der Waals surface area contributed by atoms with Crippen molar-refractivity contribution in [2.45, 2.75) is 151 Å². The molecule has 0 bridgehead atoms. The monoisotopic (exact) mass is 1330 g/mol. The van der Waals surface area contributed by atoms with Gasteiger partial charge >= 0.3 is 41.5 Å². The summed E-state index contributed by atoms with van der Waals surface area (Å²) in [5.41, 5.74) is 4.80. The molecule has 2 saturated heterocycles. The Labute approximate surface area is 571 Å². The third-order valence-electron chi connectivity index (χ3n) is 16.2. The van der Waals surface area contributed by atoms with E-state index in [0.717, 1.165) is 36.1 Å². The van der Waals surface area contributed by atoms with Gasteiger partial charge in [0.25, 0.3) is 35.2 Å². The summed E-state index contributed by atoms with van der Waals surface area (Å²) in [5.74, 6) is -11.4. The number of nitrogens with one attached hydrogen (secondary N) is 6. The summed E-state index contributed by atoms with van der Waals surface area (Å²) in [4.78, 5) is 102. The standard InChI is InChI=1S/C68H84N6O20.Na/c1-41(75)73-55-51(77)37-67(65(87)88,93-59(55)57(81)53(79)39-71-63(85)49-25-21-45(22-26-49)43-17-9-7-10-18-43)91-35-15-5-3-13-33-69-61(83)47-29-31-48(32-30-47)62(84)70-34-14-4-6-16-36-92-68(66(89)90)38-52(78)56(74-42(2)76)60(94-68)58(82)54(80)40-72-64(86)50-27-23-46(24-28-50)44-19-11-8-12-20-44;/h7-12,17-32,51-60,77-82H,3-6,13-16,33-40H2,1-2H3,(H,69,83)(H,70,84)(H,71,85)(H,72,86)(H,73,75)(H,74,76)(H,87,88)(H,89,90);/q;+1/t51-,52-,53+,54+,55+,56+,57?,58?,59+,60+,67+,68+;/m0./s1. The zero-order valence-corrected chi connectivity index (χ0v) is 55.3. The fourth-order valence-corrected chi connectivity index (χ4v) is 11.1. The minimum Gasteiger partial charge on any atom is -0.477 e. The Kier molecular flexibility index (Phi) is 29.9. The third-order valence-corrected chi connectivity index (χ3v) is 16.2. The van der Waals surface area contributed by atoms with Gasteiger partial charge in [0, 0.05) is 75.1 Å². The Balaban J connectivity index is 0.0000143. The second-order valence-corrected chi connectivity index (χ2v) is 23.3. The number of carbonyl (C=O) groups is 8. The molecule has 5 aromatic carbocycles. The van der Waals surface area contributed by atoms with Crippen LogP contribution in [0.4, 0.5) is 0 Å². The van der Waals surface area contributed by atoms with Gasteiger partial charge in [-0.1, -0.05) is 111 Å². The van der Waals surface area contributed by atoms with E-state index in [1.807, 2.05) is 60.7 Å². The number of rotatable bonds is 34. The van der Waals surface area contributed by atoms with Gasteiger partial charge in [0.2, 0.25) is 11.8 Å². The van der Waals surface area contributed by atoms with Crippen LogP contribution in [0.15, 0.2) is 133 Å². The van der Waals surface area contributed by atoms with Crippen molar-refractivity contribution < 1.29 is 128 Å². The van der Waals surface area contributed by atoms with E-state index >= 15 is 0 Å². The van der Waals surface area contributed by atoms with Crippen LogP contribution in [0.3, 0.4) is 0 Å². The number of amides is 6. The second kappa shape index (κ2) is 37.1. The quantitative estimate of drug-likeness (QED) is 0.0187. The van der Waals surface area contributed by atoms with E-state index in [2.05, 4.69) is 31.9 Å². The molecule has 0 aromatic heterocycles. The number of hydrogen-bond acceptors (Lipinski definition) is 18. The van der Waals surface area contributed by atoms with Crippen LogP contribution in [0.2, 0.25) is 0 Å². The first-order valence-corrected chi connectivity index (χ1v) is 31.3. The third kappa shape index (κ3) is 21.7. The van der Waals surface area contributed by atoms with Crippen LogP contribution in [-0.4, -0.2) is 200 Å². The number of unbranched alkanes of at least 4 members (excludes halogenated alkanes) is 6. The minimum absolute atomic E-state index is 0. The Morgan fingerprint density at radius 3 is 1.05 bits per heavy atom. The summed E-state index contributed by atoms with van der Waals surface area (Å²) < 4.78 is 23.2. The fraction of sp³-hybridized carbons (Fsp3) is 0.441. The van der Waals surface area contributed by atoms with Crippen molar-refractivity contribution in [1.82, 2.24) is 31.9 Å². The Hall–Kier alpha value is -7.54. The first kappa shape index (κ1) is 76.5. The molecule has 26 nitrogen and oxygen atoms in total. The summed E-state index contributed by atoms with van der Waals surface area (Å²) in [7, 11) is 0. The van der Waals surface area contributed by atoms with Gasteiger partial charge in [-0.2, -0.15) is 0 Å². The molecule has 7 rings (SSSR count). The van der Waals surface area contributed by atoms with Crippen molar-refractivity contribution in [2.75, 3.05) is 39.4 Å². The molecular formula is C68H84N6NaO20+. The minimum atomic E-state index is -2.48. The topological polar surface area (TPSA) is 408 Å². The van der Waals surface area contributed by atoms with Gasteiger partial charge in [-0.3, -0.25) is 28.8 Å². The predicted molar refractivity (Wildman–Crippen MR) is 339 cm³/mol. The number of carboxylic acid groups (broad SMARTS) is 2. The summed E-state index contributed by atoms with van der Waals surface area (Å²) in [6, 6.07) is 35.7. The molecule has 12 atom stereocenters. The van der Waals surface area contributed by atoms with Crippen molar-refractivity contribution in [3.63, 3.8) is 0 Å². The molecule has 0 aliphatic carbocycles. The maximum atomic E-state index is 13.0. The molecular weight excluding hydrogens is 1240 g/mol. The van der Waals surface area contributed by atoms with Gasteiger partial charge in [0.15, 0.2) is 0 Å². The van der Waals surface area contributed by atoms with Crippen molar-refractivity contribution in [3.05, 3.63) is 156 Å². The van der Waals surface area contributed by atoms with E-state index < -0.39 is 134 Å². The van der Waals surface area contributed by atoms with Gasteiger partial charge in [0.05, 0.1) is 49.7 Å². The average Bonchev–Trinajstić information content (AvgIpc) is 0.777. The molecule has 2 heterocycles. The number of hydrogen-bond donors (Lipinski definition) is 14. The molecule has 6 amide bonds. The molecule has 0 saturated carbocycles. The summed E-state index contributed by atoms with van der Waals surface area (Å²) in [6.07, 6.45) is -11.3. The van der Waals surface area contributed by atoms with E-state index in [1.165, 1.54) is 24.3 Å². The molecule has 506 valence electrons. The maximum Gasteiger partial charge on any atom is 1.00 e. The van der Waals surface area contributed by atoms with Gasteiger partial charge in [0.1, 0.15) is 24.4 Å². The van der Waals surface area contributed by atoms with Gasteiger partial charge < -0.3 is 91.7 Å². The Morgan fingerprint density at radius 2 is 0.737 bits per heavy atom. The molecule has 2 unspecified atom stereocenters. The van der Waals surface area contributed by atoms with E-state index in [0.29, 0.717) is 75.6 Å². The molecule has 14 N–H and O–H groups in total. The van der Waals surface area contributed by atoms with Crippen LogP contribution >= 0.6 is 0 Å². The van der Waals surface area contributed by atoms with Gasteiger partial charge in [-0.15, -0.1) is 0 Å². The molecule has 0 radical (unpaired) electrons. The number of aliphatic hydroxyl groups is 6. The summed E-state index contributed by atoms with van der Waals surface area (Å²) in [5, 5.41) is 103. The number of benzene rings is 5. The summed E-state index contributed by atoms with van der Waals surface area (Å²) in [6.45, 7) is 1.55. The van der Waals surface area contributed by atoms with Gasteiger partial charge in [-0.05, 0) is 96.5 Å². The van der Waals surface area contributed by atoms with Crippen LogP contribution in [0.1, 0.15) is 119 Å². The first-order chi connectivity index (χ1) is 45.0. The van der Waals surface area contributed by atoms with Crippen LogP contribution < -0.4 is 61.5 Å². The zero-order chi connectivity index (χ0) is 68.0. The number of carboxylic acids is 2. The van der Waals surface area contributed by atoms with Gasteiger partial charge in [-0.25, -0.2) is 9.59 Å². The second-order valence-electron chi connectivity index (χ2n) is 23.3. The summed E-state index contributed by atoms with van der Waals surface area (Å²) >= 11 is 0. The molecule has 2 aliphatic heterocycles. The first-order valence-electron chi connectivity index (χ1n) is 31.3. The SMILES string of the molecule is CC(=O)N[C@@H]1[C@@H](O)C[C@](OCCCCCCNC(=O)c2ccc(C(=O)NCCCCCCO[C@]3(C(=O)O)C[C@H](O)[C@@H](NC(C)=O)[C@H](C(O)[C@H](O)CNC(=O)c4ccc(-c5ccccc5)cc4)O3)cc2)(C(=O)O)O[C@H]1C(O)[C@H](O)CNC(=O)c1ccc(-c2ccccc2)cc1.[Na+]. The van der Waals surface area contributed by atoms with Crippen LogP contribution in [0.25, 0.3) is 22.3 Å². The zero-order valence-electron chi connectivity index (χ0n) is 53.3. The average molecular weight is 1330 g/mol. The Morgan fingerprint density at radius 1 is 0.442 bits per heavy atom. The largest absolute Gasteiger partial charge is 1.00 e. The number of aliphatic carboxylic acids is 2. The van der Waals surface area contributed by atoms with Crippen LogP contribution in [0.5, 0.6) is 0 Å². The van der Waals surface area contributed by atoms with Crippen LogP contribution in [0, 0.1) is 0 Å². The van der Waals surface area contributed by atoms with Crippen molar-refractivity contribution in [2.24, 2.45) is 0 Å². The smallest absolute Gasteiger partial charge is 0.477 e. The molecule has 27 heteroatoms. The van der Waals surface area contributed by atoms with Crippen molar-refractivity contribution in [3.8, 4) is 22.3 Å². The van der Waals surface area contributed by atoms with E-state index in [1.54, 1.807) is 48.5 Å². The molecule has 5 aromatic rings. The Bertz CT molecular complexity index is 3100. The van der Waals surface area contributed by atoms with Crippen molar-refractivity contribution in [1.29, 1.82) is 0 Å². The number of aliphatic hydroxyl groups excluding tert-OH is 6. The van der Waals surface area contributed by atoms with E-state index in [-0.39, 0.29) is 65.7 Å². The van der Waals surface area contributed by atoms with Crippen LogP contribution in [-0.2, 0) is 38.1 Å². The predicted octanol–water partition coefficient (Wildman–Crippen LogP) is -0.187. The molecule has 2 aliphatic rings. The molecule has 95 heavy (non-hydrogen) atoms. The molecule has 0 spiro atoms. The number of ether oxygens (including phenoxy) is 4. The van der Waals surface area contributed by atoms with E-state index in [9.17, 15) is 79.2 Å². The normalized spacial score (nSPS) is 22.0. The molecule has 2 fully saturated rings. The maximum absolute atomic E-state index is 13.0.